The van der Waals surface area contributed by atoms with Gasteiger partial charge in [-0.05, 0) is 37.6 Å². The lowest BCUT2D eigenvalue weighted by Crippen LogP contribution is -2.43. The fraction of sp³-hybridized carbons (Fsp3) is 0.200. The van der Waals surface area contributed by atoms with Crippen molar-refractivity contribution in [2.45, 2.75) is 25.8 Å². The third-order valence-electron chi connectivity index (χ3n) is 4.77. The third kappa shape index (κ3) is 6.40. The normalized spacial score (nSPS) is 11.6. The van der Waals surface area contributed by atoms with Gasteiger partial charge in [-0.15, -0.1) is 0 Å². The van der Waals surface area contributed by atoms with Crippen LogP contribution in [-0.2, 0) is 11.2 Å². The molecule has 2 N–H and O–H groups in total. The largest absolute Gasteiger partial charge is 0.325 e. The molecule has 1 amide bonds. The molecule has 0 heterocycles. The smallest absolute Gasteiger partial charge is 0.241 e. The zero-order chi connectivity index (χ0) is 20.5. The van der Waals surface area contributed by atoms with Gasteiger partial charge in [0.15, 0.2) is 5.78 Å². The van der Waals surface area contributed by atoms with Gasteiger partial charge in [-0.1, -0.05) is 78.4 Å². The van der Waals surface area contributed by atoms with Crippen molar-refractivity contribution in [1.82, 2.24) is 5.32 Å². The minimum Gasteiger partial charge on any atom is -0.325 e. The van der Waals surface area contributed by atoms with Crippen LogP contribution in [0.4, 0.5) is 5.69 Å². The molecule has 0 bridgehead atoms. The Morgan fingerprint density at radius 3 is 2.10 bits per heavy atom. The van der Waals surface area contributed by atoms with E-state index in [4.69, 9.17) is 0 Å². The van der Waals surface area contributed by atoms with Gasteiger partial charge < -0.3 is 10.6 Å². The number of ketones is 1. The number of Topliss-reactive ketones (excluding diaryl/α,β-unsaturated/α-hetero) is 1. The molecular formula is C25H26N2O2. The Morgan fingerprint density at radius 1 is 0.828 bits per heavy atom. The predicted octanol–water partition coefficient (Wildman–Crippen LogP) is 4.41. The maximum atomic E-state index is 12.9. The summed E-state index contributed by atoms with van der Waals surface area (Å²) in [7, 11) is 0. The second-order valence-electron chi connectivity index (χ2n) is 7.09. The Morgan fingerprint density at radius 2 is 1.45 bits per heavy atom. The van der Waals surface area contributed by atoms with Gasteiger partial charge >= 0.3 is 0 Å². The van der Waals surface area contributed by atoms with E-state index in [1.165, 1.54) is 5.56 Å². The Bertz CT molecular complexity index is 922. The molecule has 29 heavy (non-hydrogen) atoms. The zero-order valence-electron chi connectivity index (χ0n) is 16.6. The van der Waals surface area contributed by atoms with Crippen molar-refractivity contribution in [3.8, 4) is 0 Å². The number of carbonyl (C=O) groups excluding carboxylic acids is 2. The third-order valence-corrected chi connectivity index (χ3v) is 4.77. The molecule has 3 aromatic carbocycles. The van der Waals surface area contributed by atoms with Gasteiger partial charge in [-0.2, -0.15) is 0 Å². The van der Waals surface area contributed by atoms with Gasteiger partial charge in [-0.25, -0.2) is 0 Å². The summed E-state index contributed by atoms with van der Waals surface area (Å²) in [5.74, 6) is -0.256. The Labute approximate surface area is 172 Å². The Hall–Kier alpha value is -3.24. The second kappa shape index (κ2) is 10.3. The summed E-state index contributed by atoms with van der Waals surface area (Å²) >= 11 is 0. The van der Waals surface area contributed by atoms with E-state index in [2.05, 4.69) is 22.8 Å². The highest BCUT2D eigenvalue weighted by molar-refractivity contribution is 6.02. The highest BCUT2D eigenvalue weighted by atomic mass is 16.2. The van der Waals surface area contributed by atoms with Crippen LogP contribution < -0.4 is 10.6 Å². The van der Waals surface area contributed by atoms with E-state index in [-0.39, 0.29) is 18.1 Å². The van der Waals surface area contributed by atoms with E-state index < -0.39 is 6.04 Å². The van der Waals surface area contributed by atoms with Crippen LogP contribution in [0.5, 0.6) is 0 Å². The molecule has 0 saturated heterocycles. The van der Waals surface area contributed by atoms with Crippen LogP contribution in [0.25, 0.3) is 0 Å². The molecule has 0 radical (unpaired) electrons. The molecule has 3 aromatic rings. The fourth-order valence-corrected chi connectivity index (χ4v) is 3.09. The summed E-state index contributed by atoms with van der Waals surface area (Å²) in [6.45, 7) is 2.61. The highest BCUT2D eigenvalue weighted by Gasteiger charge is 2.22. The molecule has 0 spiro atoms. The van der Waals surface area contributed by atoms with Gasteiger partial charge in [0.05, 0.1) is 6.04 Å². The minimum absolute atomic E-state index is 0.0538. The van der Waals surface area contributed by atoms with Crippen molar-refractivity contribution in [3.05, 3.63) is 102 Å². The molecule has 4 heteroatoms. The SMILES string of the molecule is Cc1ccc(NC(=O)[C@H](CC(=O)c2ccccc2)NCCc2ccccc2)cc1. The van der Waals surface area contributed by atoms with E-state index in [1.54, 1.807) is 12.1 Å². The molecule has 148 valence electrons. The predicted molar refractivity (Wildman–Crippen MR) is 117 cm³/mol. The lowest BCUT2D eigenvalue weighted by molar-refractivity contribution is -0.118. The van der Waals surface area contributed by atoms with E-state index in [1.807, 2.05) is 67.6 Å². The lowest BCUT2D eigenvalue weighted by Gasteiger charge is -2.18. The van der Waals surface area contributed by atoms with Crippen LogP contribution >= 0.6 is 0 Å². The summed E-state index contributed by atoms with van der Waals surface area (Å²) in [4.78, 5) is 25.6. The molecule has 0 saturated carbocycles. The molecule has 0 aliphatic carbocycles. The topological polar surface area (TPSA) is 58.2 Å². The molecule has 0 aliphatic rings. The number of amides is 1. The monoisotopic (exact) mass is 386 g/mol. The fourth-order valence-electron chi connectivity index (χ4n) is 3.09. The molecular weight excluding hydrogens is 360 g/mol. The van der Waals surface area contributed by atoms with E-state index in [0.717, 1.165) is 17.7 Å². The second-order valence-corrected chi connectivity index (χ2v) is 7.09. The molecule has 3 rings (SSSR count). The number of hydrogen-bond donors (Lipinski definition) is 2. The van der Waals surface area contributed by atoms with Crippen molar-refractivity contribution < 1.29 is 9.59 Å². The van der Waals surface area contributed by atoms with Crippen molar-refractivity contribution in [2.75, 3.05) is 11.9 Å². The summed E-state index contributed by atoms with van der Waals surface area (Å²) in [6, 6.07) is 26.2. The maximum absolute atomic E-state index is 12.9. The van der Waals surface area contributed by atoms with Crippen LogP contribution in [0.3, 0.4) is 0 Å². The molecule has 4 nitrogen and oxygen atoms in total. The molecule has 0 aliphatic heterocycles. The van der Waals surface area contributed by atoms with Crippen LogP contribution in [0.1, 0.15) is 27.9 Å². The van der Waals surface area contributed by atoms with Crippen LogP contribution in [0, 0.1) is 6.92 Å². The summed E-state index contributed by atoms with van der Waals surface area (Å²) in [6.07, 6.45) is 0.894. The average Bonchev–Trinajstić information content (AvgIpc) is 2.76. The quantitative estimate of drug-likeness (QED) is 0.536. The van der Waals surface area contributed by atoms with Gasteiger partial charge in [-0.3, -0.25) is 9.59 Å². The Kier molecular flexibility index (Phi) is 7.31. The van der Waals surface area contributed by atoms with Crippen molar-refractivity contribution in [3.63, 3.8) is 0 Å². The van der Waals surface area contributed by atoms with Crippen molar-refractivity contribution >= 4 is 17.4 Å². The molecule has 0 fully saturated rings. The van der Waals surface area contributed by atoms with Gasteiger partial charge in [0.1, 0.15) is 0 Å². The summed E-state index contributed by atoms with van der Waals surface area (Å²) < 4.78 is 0. The summed E-state index contributed by atoms with van der Waals surface area (Å²) in [5, 5.41) is 6.19. The summed E-state index contributed by atoms with van der Waals surface area (Å²) in [5.41, 5.74) is 3.65. The van der Waals surface area contributed by atoms with Crippen LogP contribution in [0.15, 0.2) is 84.9 Å². The van der Waals surface area contributed by atoms with Crippen LogP contribution in [-0.4, -0.2) is 24.3 Å². The average molecular weight is 386 g/mol. The first-order chi connectivity index (χ1) is 14.1. The number of hydrogen-bond acceptors (Lipinski definition) is 3. The van der Waals surface area contributed by atoms with Gasteiger partial charge in [0.2, 0.25) is 5.91 Å². The zero-order valence-corrected chi connectivity index (χ0v) is 16.6. The first-order valence-electron chi connectivity index (χ1n) is 9.85. The van der Waals surface area contributed by atoms with E-state index in [9.17, 15) is 9.59 Å². The van der Waals surface area contributed by atoms with Gasteiger partial charge in [0.25, 0.3) is 0 Å². The maximum Gasteiger partial charge on any atom is 0.241 e. The molecule has 0 unspecified atom stereocenters. The van der Waals surface area contributed by atoms with E-state index >= 15 is 0 Å². The van der Waals surface area contributed by atoms with E-state index in [0.29, 0.717) is 12.1 Å². The number of rotatable bonds is 9. The first kappa shape index (κ1) is 20.5. The van der Waals surface area contributed by atoms with Crippen molar-refractivity contribution in [1.29, 1.82) is 0 Å². The lowest BCUT2D eigenvalue weighted by atomic mass is 10.0. The number of anilines is 1. The number of carbonyl (C=O) groups is 2. The number of benzene rings is 3. The molecule has 0 aromatic heterocycles. The van der Waals surface area contributed by atoms with Crippen LogP contribution in [0.2, 0.25) is 0 Å². The number of nitrogens with one attached hydrogen (secondary N) is 2. The minimum atomic E-state index is -0.604. The standard InChI is InChI=1S/C25H26N2O2/c1-19-12-14-22(15-13-19)27-25(29)23(18-24(28)21-10-6-3-7-11-21)26-17-16-20-8-4-2-5-9-20/h2-15,23,26H,16-18H2,1H3,(H,27,29)/t23-/m0/s1. The highest BCUT2D eigenvalue weighted by Crippen LogP contribution is 2.12. The Balaban J connectivity index is 1.66. The van der Waals surface area contributed by atoms with Gasteiger partial charge in [0, 0.05) is 17.7 Å². The number of aryl methyl sites for hydroxylation is 1. The first-order valence-corrected chi connectivity index (χ1v) is 9.85. The van der Waals surface area contributed by atoms with Crippen molar-refractivity contribution in [2.24, 2.45) is 0 Å². The molecule has 1 atom stereocenters.